The van der Waals surface area contributed by atoms with Crippen LogP contribution in [0.25, 0.3) is 0 Å². The summed E-state index contributed by atoms with van der Waals surface area (Å²) in [6, 6.07) is 22.2. The van der Waals surface area contributed by atoms with E-state index in [9.17, 15) is 9.59 Å². The Balaban J connectivity index is 1.46. The van der Waals surface area contributed by atoms with Gasteiger partial charge in [-0.3, -0.25) is 4.90 Å². The summed E-state index contributed by atoms with van der Waals surface area (Å²) in [5.41, 5.74) is 3.17. The number of para-hydroxylation sites is 2. The average molecular weight is 475 g/mol. The van der Waals surface area contributed by atoms with Gasteiger partial charge in [-0.2, -0.15) is 0 Å². The number of carbonyl (C=O) groups excluding carboxylic acids is 2. The van der Waals surface area contributed by atoms with Crippen LogP contribution in [0.2, 0.25) is 0 Å². The van der Waals surface area contributed by atoms with Gasteiger partial charge in [0.25, 0.3) is 0 Å². The van der Waals surface area contributed by atoms with Crippen LogP contribution in [-0.4, -0.2) is 44.3 Å². The summed E-state index contributed by atoms with van der Waals surface area (Å²) >= 11 is 0. The summed E-state index contributed by atoms with van der Waals surface area (Å²) in [6.45, 7) is 2.05. The molecule has 4 rings (SSSR count). The molecule has 182 valence electrons. The minimum atomic E-state index is -0.328. The highest BCUT2D eigenvalue weighted by Crippen LogP contribution is 2.30. The first-order chi connectivity index (χ1) is 17.1. The monoisotopic (exact) mass is 474 g/mol. The maximum Gasteiger partial charge on any atom is 0.324 e. The molecule has 3 aromatic carbocycles. The Bertz CT molecular complexity index is 1150. The van der Waals surface area contributed by atoms with Gasteiger partial charge >= 0.3 is 12.1 Å². The second-order valence-electron chi connectivity index (χ2n) is 8.24. The number of hydrogen-bond acceptors (Lipinski definition) is 4. The Morgan fingerprint density at radius 3 is 2.29 bits per heavy atom. The van der Waals surface area contributed by atoms with E-state index >= 15 is 0 Å². The number of methoxy groups -OCH3 is 2. The lowest BCUT2D eigenvalue weighted by Gasteiger charge is -2.36. The first-order valence-electron chi connectivity index (χ1n) is 11.5. The van der Waals surface area contributed by atoms with E-state index in [2.05, 4.69) is 10.6 Å². The topological polar surface area (TPSA) is 83.1 Å². The summed E-state index contributed by atoms with van der Waals surface area (Å²) in [5, 5.41) is 5.76. The number of benzene rings is 3. The van der Waals surface area contributed by atoms with Gasteiger partial charge in [0.2, 0.25) is 0 Å². The average Bonchev–Trinajstić information content (AvgIpc) is 2.89. The molecular weight excluding hydrogens is 444 g/mol. The van der Waals surface area contributed by atoms with Crippen LogP contribution in [0.3, 0.4) is 0 Å². The molecule has 1 fully saturated rings. The highest BCUT2D eigenvalue weighted by atomic mass is 16.5. The van der Waals surface area contributed by atoms with Gasteiger partial charge in [0.05, 0.1) is 25.6 Å². The van der Waals surface area contributed by atoms with Crippen molar-refractivity contribution < 1.29 is 19.1 Å². The predicted octanol–water partition coefficient (Wildman–Crippen LogP) is 4.86. The number of rotatable bonds is 8. The molecule has 4 amide bonds. The number of ether oxygens (including phenoxy) is 2. The summed E-state index contributed by atoms with van der Waals surface area (Å²) in [4.78, 5) is 29.5. The second-order valence-corrected chi connectivity index (χ2v) is 8.24. The third-order valence-electron chi connectivity index (χ3n) is 5.83. The summed E-state index contributed by atoms with van der Waals surface area (Å²) in [5.74, 6) is 1.36. The number of nitrogens with one attached hydrogen (secondary N) is 2. The van der Waals surface area contributed by atoms with E-state index < -0.39 is 0 Å². The quantitative estimate of drug-likeness (QED) is 0.489. The van der Waals surface area contributed by atoms with Crippen LogP contribution >= 0.6 is 0 Å². The fraction of sp³-hybridized carbons (Fsp3) is 0.259. The molecular formula is C27H30N4O4. The number of anilines is 2. The van der Waals surface area contributed by atoms with Gasteiger partial charge in [-0.1, -0.05) is 42.5 Å². The zero-order valence-corrected chi connectivity index (χ0v) is 20.0. The second kappa shape index (κ2) is 11.3. The summed E-state index contributed by atoms with van der Waals surface area (Å²) in [7, 11) is 3.21. The first-order valence-corrected chi connectivity index (χ1v) is 11.5. The smallest absolute Gasteiger partial charge is 0.324 e. The van der Waals surface area contributed by atoms with Crippen molar-refractivity contribution in [2.45, 2.75) is 19.5 Å². The van der Waals surface area contributed by atoms with Crippen LogP contribution in [0.5, 0.6) is 11.5 Å². The van der Waals surface area contributed by atoms with Gasteiger partial charge in [0, 0.05) is 32.2 Å². The molecule has 1 saturated heterocycles. The summed E-state index contributed by atoms with van der Waals surface area (Å²) < 4.78 is 10.7. The summed E-state index contributed by atoms with van der Waals surface area (Å²) in [6.07, 6.45) is 0.807. The van der Waals surface area contributed by atoms with Crippen molar-refractivity contribution in [1.82, 2.24) is 10.2 Å². The number of amides is 4. The lowest BCUT2D eigenvalue weighted by molar-refractivity contribution is 0.192. The minimum absolute atomic E-state index is 0.114. The minimum Gasteiger partial charge on any atom is -0.497 e. The van der Waals surface area contributed by atoms with E-state index in [-0.39, 0.29) is 12.1 Å². The molecule has 35 heavy (non-hydrogen) atoms. The molecule has 1 heterocycles. The van der Waals surface area contributed by atoms with Gasteiger partial charge in [-0.25, -0.2) is 9.59 Å². The zero-order valence-electron chi connectivity index (χ0n) is 20.0. The van der Waals surface area contributed by atoms with E-state index in [0.717, 1.165) is 17.5 Å². The van der Waals surface area contributed by atoms with Crippen molar-refractivity contribution in [1.29, 1.82) is 0 Å². The highest BCUT2D eigenvalue weighted by molar-refractivity contribution is 6.00. The van der Waals surface area contributed by atoms with Crippen LogP contribution in [0.15, 0.2) is 72.8 Å². The van der Waals surface area contributed by atoms with Crippen molar-refractivity contribution >= 4 is 23.4 Å². The van der Waals surface area contributed by atoms with E-state index in [1.54, 1.807) is 36.2 Å². The lowest BCUT2D eigenvalue weighted by atomic mass is 10.1. The Morgan fingerprint density at radius 1 is 0.886 bits per heavy atom. The molecule has 0 bridgehead atoms. The van der Waals surface area contributed by atoms with Gasteiger partial charge in [-0.15, -0.1) is 0 Å². The molecule has 0 unspecified atom stereocenters. The standard InChI is InChI=1S/C27H30N4O4/c1-34-22-15-21(16-23(17-22)35-2)19-30-13-8-14-31(27(30)33)25-12-7-6-11-24(25)29-26(32)28-18-20-9-4-3-5-10-20/h3-7,9-12,15-17H,8,13-14,18-19H2,1-2H3,(H2,28,29,32). The number of hydrogen-bond donors (Lipinski definition) is 2. The van der Waals surface area contributed by atoms with Crippen LogP contribution < -0.4 is 25.0 Å². The van der Waals surface area contributed by atoms with Gasteiger partial charge < -0.3 is 25.0 Å². The molecule has 0 radical (unpaired) electrons. The van der Waals surface area contributed by atoms with Crippen LogP contribution in [-0.2, 0) is 13.1 Å². The van der Waals surface area contributed by atoms with E-state index in [1.807, 2.05) is 60.7 Å². The normalized spacial score (nSPS) is 13.4. The van der Waals surface area contributed by atoms with Gasteiger partial charge in [0.1, 0.15) is 11.5 Å². The third kappa shape index (κ3) is 6.03. The molecule has 8 heteroatoms. The molecule has 0 aromatic heterocycles. The largest absolute Gasteiger partial charge is 0.497 e. The van der Waals surface area contributed by atoms with Gasteiger partial charge in [-0.05, 0) is 41.8 Å². The van der Waals surface area contributed by atoms with Gasteiger partial charge in [0.15, 0.2) is 0 Å². The molecule has 1 aliphatic heterocycles. The molecule has 0 saturated carbocycles. The molecule has 2 N–H and O–H groups in total. The van der Waals surface area contributed by atoms with E-state index in [4.69, 9.17) is 9.47 Å². The molecule has 3 aromatic rings. The van der Waals surface area contributed by atoms with E-state index in [0.29, 0.717) is 49.1 Å². The number of nitrogens with zero attached hydrogens (tertiary/aromatic N) is 2. The Hall–Kier alpha value is -4.20. The molecule has 0 atom stereocenters. The maximum atomic E-state index is 13.4. The van der Waals surface area contributed by atoms with Crippen molar-refractivity contribution in [2.75, 3.05) is 37.5 Å². The van der Waals surface area contributed by atoms with Crippen molar-refractivity contribution in [2.24, 2.45) is 0 Å². The molecule has 0 spiro atoms. The molecule has 1 aliphatic rings. The Labute approximate surface area is 205 Å². The van der Waals surface area contributed by atoms with Crippen molar-refractivity contribution in [3.63, 3.8) is 0 Å². The zero-order chi connectivity index (χ0) is 24.6. The van der Waals surface area contributed by atoms with Crippen LogP contribution in [0.4, 0.5) is 21.0 Å². The lowest BCUT2D eigenvalue weighted by Crippen LogP contribution is -2.49. The highest BCUT2D eigenvalue weighted by Gasteiger charge is 2.28. The Kier molecular flexibility index (Phi) is 7.72. The molecule has 0 aliphatic carbocycles. The van der Waals surface area contributed by atoms with Crippen LogP contribution in [0.1, 0.15) is 17.5 Å². The number of carbonyl (C=O) groups is 2. The fourth-order valence-corrected chi connectivity index (χ4v) is 4.09. The van der Waals surface area contributed by atoms with Crippen molar-refractivity contribution in [3.05, 3.63) is 83.9 Å². The Morgan fingerprint density at radius 2 is 1.57 bits per heavy atom. The predicted molar refractivity (Wildman–Crippen MR) is 136 cm³/mol. The third-order valence-corrected chi connectivity index (χ3v) is 5.83. The first kappa shape index (κ1) is 23.9. The molecule has 8 nitrogen and oxygen atoms in total. The van der Waals surface area contributed by atoms with Crippen molar-refractivity contribution in [3.8, 4) is 11.5 Å². The van der Waals surface area contributed by atoms with Crippen LogP contribution in [0, 0.1) is 0 Å². The fourth-order valence-electron chi connectivity index (χ4n) is 4.09. The van der Waals surface area contributed by atoms with E-state index in [1.165, 1.54) is 0 Å². The SMILES string of the molecule is COc1cc(CN2CCCN(c3ccccc3NC(=O)NCc3ccccc3)C2=O)cc(OC)c1. The number of urea groups is 2. The maximum absolute atomic E-state index is 13.4.